The lowest BCUT2D eigenvalue weighted by atomic mass is 10.1. The number of para-hydroxylation sites is 1. The average Bonchev–Trinajstić information content (AvgIpc) is 2.71. The zero-order valence-electron chi connectivity index (χ0n) is 14.5. The van der Waals surface area contributed by atoms with Crippen LogP contribution in [0.2, 0.25) is 0 Å². The normalized spacial score (nSPS) is 10.7. The Labute approximate surface area is 154 Å². The summed E-state index contributed by atoms with van der Waals surface area (Å²) in [5.41, 5.74) is 9.31. The zero-order chi connectivity index (χ0) is 18.8. The van der Waals surface area contributed by atoms with Gasteiger partial charge in [0.2, 0.25) is 0 Å². The first-order valence-corrected chi connectivity index (χ1v) is 8.29. The number of nitrogens with one attached hydrogen (secondary N) is 2. The van der Waals surface area contributed by atoms with Crippen molar-refractivity contribution >= 4 is 38.9 Å². The molecule has 0 saturated carbocycles. The number of ether oxygens (including phenoxy) is 1. The Hall–Kier alpha value is -3.87. The first-order valence-electron chi connectivity index (χ1n) is 8.29. The monoisotopic (exact) mass is 360 g/mol. The molecule has 1 aromatic heterocycles. The molecule has 0 unspecified atom stereocenters. The van der Waals surface area contributed by atoms with Crippen LogP contribution in [0.5, 0.6) is 5.75 Å². The molecule has 7 heteroatoms. The van der Waals surface area contributed by atoms with E-state index in [0.717, 1.165) is 22.1 Å². The Balaban J connectivity index is 1.90. The molecule has 1 heterocycles. The summed E-state index contributed by atoms with van der Waals surface area (Å²) in [7, 11) is 1.61. The molecule has 0 aliphatic carbocycles. The minimum Gasteiger partial charge on any atom is -0.497 e. The third-order valence-corrected chi connectivity index (χ3v) is 4.28. The van der Waals surface area contributed by atoms with Gasteiger partial charge in [0.25, 0.3) is 5.69 Å². The van der Waals surface area contributed by atoms with Gasteiger partial charge in [0, 0.05) is 22.9 Å². The van der Waals surface area contributed by atoms with Crippen molar-refractivity contribution in [3.63, 3.8) is 0 Å². The van der Waals surface area contributed by atoms with Crippen LogP contribution >= 0.6 is 0 Å². The number of aromatic nitrogens is 1. The van der Waals surface area contributed by atoms with Crippen molar-refractivity contribution in [3.05, 3.63) is 76.8 Å². The first-order chi connectivity index (χ1) is 13.2. The maximum absolute atomic E-state index is 11.1. The molecule has 3 aromatic carbocycles. The van der Waals surface area contributed by atoms with Crippen molar-refractivity contribution in [2.75, 3.05) is 18.0 Å². The molecule has 7 nitrogen and oxygen atoms in total. The van der Waals surface area contributed by atoms with Crippen molar-refractivity contribution in [1.82, 2.24) is 4.98 Å². The standard InChI is InChI=1S/C20H16N4O3/c1-27-15-8-10-18-17(12-15)20(23-22-13-5-3-2-4-6-13)16-9-7-14(24(25)26)11-19(16)21-18/h2-12,22H,1H3,(H,21,23). The van der Waals surface area contributed by atoms with Crippen LogP contribution in [0, 0.1) is 10.1 Å². The van der Waals surface area contributed by atoms with Crippen LogP contribution in [-0.4, -0.2) is 17.0 Å². The third-order valence-electron chi connectivity index (χ3n) is 4.28. The predicted molar refractivity (Wildman–Crippen MR) is 106 cm³/mol. The minimum atomic E-state index is -0.422. The SMILES string of the molecule is COc1ccc2nc3cc([N+](=O)[O-])ccc3c(NNc3ccccc3)c2c1. The molecule has 27 heavy (non-hydrogen) atoms. The van der Waals surface area contributed by atoms with Gasteiger partial charge in [-0.1, -0.05) is 18.2 Å². The fourth-order valence-corrected chi connectivity index (χ4v) is 2.94. The minimum absolute atomic E-state index is 0.00447. The van der Waals surface area contributed by atoms with Gasteiger partial charge in [-0.15, -0.1) is 0 Å². The van der Waals surface area contributed by atoms with E-state index >= 15 is 0 Å². The van der Waals surface area contributed by atoms with Crippen LogP contribution in [0.25, 0.3) is 21.8 Å². The van der Waals surface area contributed by atoms with Crippen molar-refractivity contribution in [2.24, 2.45) is 0 Å². The van der Waals surface area contributed by atoms with Crippen molar-refractivity contribution in [1.29, 1.82) is 0 Å². The van der Waals surface area contributed by atoms with Crippen LogP contribution in [0.15, 0.2) is 66.7 Å². The number of hydrazine groups is 1. The first kappa shape index (κ1) is 16.6. The highest BCUT2D eigenvalue weighted by Crippen LogP contribution is 2.34. The molecule has 0 amide bonds. The maximum atomic E-state index is 11.1. The molecule has 0 bridgehead atoms. The fraction of sp³-hybridized carbons (Fsp3) is 0.0500. The molecule has 0 spiro atoms. The van der Waals surface area contributed by atoms with E-state index in [0.29, 0.717) is 16.8 Å². The Bertz CT molecular complexity index is 1150. The Morgan fingerprint density at radius 3 is 2.48 bits per heavy atom. The number of methoxy groups -OCH3 is 1. The molecule has 0 aliphatic rings. The lowest BCUT2D eigenvalue weighted by molar-refractivity contribution is -0.384. The summed E-state index contributed by atoms with van der Waals surface area (Å²) in [4.78, 5) is 15.3. The van der Waals surface area contributed by atoms with E-state index in [4.69, 9.17) is 4.74 Å². The van der Waals surface area contributed by atoms with Gasteiger partial charge in [-0.05, 0) is 36.4 Å². The Morgan fingerprint density at radius 2 is 1.74 bits per heavy atom. The molecule has 2 N–H and O–H groups in total. The largest absolute Gasteiger partial charge is 0.497 e. The van der Waals surface area contributed by atoms with Gasteiger partial charge in [-0.25, -0.2) is 4.98 Å². The molecule has 0 radical (unpaired) electrons. The molecule has 0 fully saturated rings. The Kier molecular flexibility index (Phi) is 4.18. The molecule has 0 saturated heterocycles. The number of pyridine rings is 1. The lowest BCUT2D eigenvalue weighted by Gasteiger charge is -2.15. The summed E-state index contributed by atoms with van der Waals surface area (Å²) in [6.45, 7) is 0. The molecular formula is C20H16N4O3. The fourth-order valence-electron chi connectivity index (χ4n) is 2.94. The van der Waals surface area contributed by atoms with Crippen LogP contribution in [0.3, 0.4) is 0 Å². The second-order valence-corrected chi connectivity index (χ2v) is 5.94. The number of nitrogens with zero attached hydrogens (tertiary/aromatic N) is 2. The zero-order valence-corrected chi connectivity index (χ0v) is 14.5. The van der Waals surface area contributed by atoms with E-state index in [1.165, 1.54) is 12.1 Å². The Morgan fingerprint density at radius 1 is 0.926 bits per heavy atom. The molecule has 4 aromatic rings. The molecule has 0 atom stereocenters. The second-order valence-electron chi connectivity index (χ2n) is 5.94. The number of rotatable bonds is 5. The maximum Gasteiger partial charge on any atom is 0.271 e. The highest BCUT2D eigenvalue weighted by molar-refractivity contribution is 6.08. The van der Waals surface area contributed by atoms with Gasteiger partial charge in [-0.3, -0.25) is 15.5 Å². The van der Waals surface area contributed by atoms with Gasteiger partial charge < -0.3 is 10.2 Å². The molecular weight excluding hydrogens is 344 g/mol. The predicted octanol–water partition coefficient (Wildman–Crippen LogP) is 4.74. The summed E-state index contributed by atoms with van der Waals surface area (Å²) >= 11 is 0. The number of hydrogen-bond donors (Lipinski definition) is 2. The molecule has 4 rings (SSSR count). The summed E-state index contributed by atoms with van der Waals surface area (Å²) in [5, 5.41) is 12.7. The molecule has 0 aliphatic heterocycles. The number of non-ortho nitro benzene ring substituents is 1. The van der Waals surface area contributed by atoms with Crippen molar-refractivity contribution in [2.45, 2.75) is 0 Å². The number of nitro groups is 1. The van der Waals surface area contributed by atoms with Gasteiger partial charge in [-0.2, -0.15) is 0 Å². The van der Waals surface area contributed by atoms with E-state index in [2.05, 4.69) is 15.8 Å². The molecule has 134 valence electrons. The summed E-state index contributed by atoms with van der Waals surface area (Å²) in [6, 6.07) is 19.9. The number of nitro benzene ring substituents is 1. The third kappa shape index (κ3) is 3.18. The quantitative estimate of drug-likeness (QED) is 0.303. The summed E-state index contributed by atoms with van der Waals surface area (Å²) in [6.07, 6.45) is 0. The van der Waals surface area contributed by atoms with Gasteiger partial charge >= 0.3 is 0 Å². The van der Waals surface area contributed by atoms with Gasteiger partial charge in [0.1, 0.15) is 5.75 Å². The van der Waals surface area contributed by atoms with Crippen LogP contribution < -0.4 is 15.6 Å². The van der Waals surface area contributed by atoms with Crippen LogP contribution in [0.1, 0.15) is 0 Å². The van der Waals surface area contributed by atoms with Crippen molar-refractivity contribution < 1.29 is 9.66 Å². The van der Waals surface area contributed by atoms with Gasteiger partial charge in [0.05, 0.1) is 34.4 Å². The van der Waals surface area contributed by atoms with E-state index in [1.807, 2.05) is 48.5 Å². The number of fused-ring (bicyclic) bond motifs is 2. The van der Waals surface area contributed by atoms with Gasteiger partial charge in [0.15, 0.2) is 0 Å². The number of anilines is 2. The van der Waals surface area contributed by atoms with E-state index in [-0.39, 0.29) is 5.69 Å². The number of benzene rings is 3. The van der Waals surface area contributed by atoms with Crippen molar-refractivity contribution in [3.8, 4) is 5.75 Å². The summed E-state index contributed by atoms with van der Waals surface area (Å²) in [5.74, 6) is 0.702. The average molecular weight is 360 g/mol. The van der Waals surface area contributed by atoms with E-state index < -0.39 is 4.92 Å². The second kappa shape index (κ2) is 6.80. The van der Waals surface area contributed by atoms with Crippen LogP contribution in [0.4, 0.5) is 17.1 Å². The number of hydrogen-bond acceptors (Lipinski definition) is 6. The highest BCUT2D eigenvalue weighted by atomic mass is 16.6. The van der Waals surface area contributed by atoms with E-state index in [1.54, 1.807) is 13.2 Å². The highest BCUT2D eigenvalue weighted by Gasteiger charge is 2.14. The van der Waals surface area contributed by atoms with E-state index in [9.17, 15) is 10.1 Å². The van der Waals surface area contributed by atoms with Crippen LogP contribution in [-0.2, 0) is 0 Å². The smallest absolute Gasteiger partial charge is 0.271 e. The lowest BCUT2D eigenvalue weighted by Crippen LogP contribution is -2.09. The topological polar surface area (TPSA) is 89.3 Å². The summed E-state index contributed by atoms with van der Waals surface area (Å²) < 4.78 is 5.34.